The summed E-state index contributed by atoms with van der Waals surface area (Å²) in [5.74, 6) is 1.92. The van der Waals surface area contributed by atoms with E-state index in [-0.39, 0.29) is 18.1 Å². The summed E-state index contributed by atoms with van der Waals surface area (Å²) in [4.78, 5) is 16.1. The predicted octanol–water partition coefficient (Wildman–Crippen LogP) is 7.28. The highest BCUT2D eigenvalue weighted by Gasteiger charge is 2.34. The molecular weight excluding hydrogens is 607 g/mol. The Balaban J connectivity index is 1.52. The molecule has 1 aromatic heterocycles. The van der Waals surface area contributed by atoms with Gasteiger partial charge < -0.3 is 34.2 Å². The largest absolute Gasteiger partial charge is 0.546 e. The number of hydrogen-bond acceptors (Lipinski definition) is 8. The fourth-order valence-corrected chi connectivity index (χ4v) is 8.39. The van der Waals surface area contributed by atoms with Crippen LogP contribution in [0.25, 0.3) is 0 Å². The summed E-state index contributed by atoms with van der Waals surface area (Å²) >= 11 is -1.71. The van der Waals surface area contributed by atoms with Gasteiger partial charge in [0.2, 0.25) is 11.6 Å². The number of amides is 1. The molecule has 1 aliphatic carbocycles. The fraction of sp³-hybridized carbons (Fsp3) is 0.727. The molecule has 2 N–H and O–H groups in total. The third-order valence-corrected chi connectivity index (χ3v) is 11.6. The second-order valence-electron chi connectivity index (χ2n) is 14.1. The Morgan fingerprint density at radius 2 is 1.89 bits per heavy atom. The normalized spacial score (nSPS) is 19.7. The molecule has 0 radical (unpaired) electrons. The Morgan fingerprint density at radius 1 is 1.13 bits per heavy atom. The number of benzene rings is 1. The standard InChI is InChI=1S/C33H55N5O5SSi/c1-42-20-12-21-43-30(27-15-9-6-10-16-27)28-17-11-18-37(24-28)32-31(35-44(41)36-32)34-29(23-26-13-7-5-8-14-26)25-38(33(39)40)19-22-45(2,3)4/h6,9-10,15-16,26,28-30H,5,7-8,11-14,17-25H2,1-4H3,(H,34,35)(H,39,40)/t28?,29?,30-,44?/m1/s1. The maximum atomic E-state index is 12.8. The van der Waals surface area contributed by atoms with E-state index in [0.717, 1.165) is 43.8 Å². The van der Waals surface area contributed by atoms with Crippen molar-refractivity contribution in [2.24, 2.45) is 11.8 Å². The van der Waals surface area contributed by atoms with Crippen LogP contribution in [0.3, 0.4) is 0 Å². The number of anilines is 2. The Bertz CT molecular complexity index is 1160. The van der Waals surface area contributed by atoms with Gasteiger partial charge in [-0.15, -0.1) is 0 Å². The van der Waals surface area contributed by atoms with Gasteiger partial charge in [-0.05, 0) is 43.2 Å². The molecule has 1 aromatic carbocycles. The van der Waals surface area contributed by atoms with E-state index < -0.39 is 25.3 Å². The maximum Gasteiger partial charge on any atom is 0.407 e. The topological polar surface area (TPSA) is 123 Å². The molecular formula is C33H55N5O5SSi. The smallest absolute Gasteiger partial charge is 0.407 e. The zero-order chi connectivity index (χ0) is 32.2. The zero-order valence-corrected chi connectivity index (χ0v) is 29.6. The van der Waals surface area contributed by atoms with Gasteiger partial charge in [0, 0.05) is 75.3 Å². The van der Waals surface area contributed by atoms with Crippen molar-refractivity contribution < 1.29 is 23.9 Å². The van der Waals surface area contributed by atoms with Gasteiger partial charge in [0.1, 0.15) is 0 Å². The highest BCUT2D eigenvalue weighted by atomic mass is 32.2. The van der Waals surface area contributed by atoms with Crippen LogP contribution in [-0.2, 0) is 9.47 Å². The Labute approximate surface area is 274 Å². The van der Waals surface area contributed by atoms with Crippen LogP contribution < -0.4 is 10.2 Å². The van der Waals surface area contributed by atoms with Gasteiger partial charge in [-0.25, -0.2) is 4.79 Å². The van der Waals surface area contributed by atoms with Gasteiger partial charge in [0.15, 0.2) is 11.1 Å². The lowest BCUT2D eigenvalue weighted by Crippen LogP contribution is -2.43. The molecule has 1 saturated carbocycles. The lowest BCUT2D eigenvalue weighted by molar-refractivity contribution is -0.00237. The molecule has 2 fully saturated rings. The van der Waals surface area contributed by atoms with Gasteiger partial charge in [-0.3, -0.25) is 0 Å². The van der Waals surface area contributed by atoms with Crippen LogP contribution in [0.5, 0.6) is 0 Å². The summed E-state index contributed by atoms with van der Waals surface area (Å²) in [6.45, 7) is 10.5. The first-order valence-electron chi connectivity index (χ1n) is 16.9. The van der Waals surface area contributed by atoms with Crippen molar-refractivity contribution in [2.75, 3.05) is 56.7 Å². The molecule has 2 aliphatic rings. The predicted molar refractivity (Wildman–Crippen MR) is 184 cm³/mol. The molecule has 4 atom stereocenters. The molecule has 1 saturated heterocycles. The summed E-state index contributed by atoms with van der Waals surface area (Å²) < 4.78 is 33.5. The number of nitrogens with one attached hydrogen (secondary N) is 1. The third kappa shape index (κ3) is 11.5. The van der Waals surface area contributed by atoms with Gasteiger partial charge in [-0.1, -0.05) is 82.1 Å². The second kappa shape index (κ2) is 17.6. The Morgan fingerprint density at radius 3 is 2.58 bits per heavy atom. The van der Waals surface area contributed by atoms with Crippen molar-refractivity contribution >= 4 is 36.9 Å². The van der Waals surface area contributed by atoms with Gasteiger partial charge in [0.05, 0.1) is 6.10 Å². The van der Waals surface area contributed by atoms with Crippen LogP contribution in [0, 0.1) is 11.8 Å². The average Bonchev–Trinajstić information content (AvgIpc) is 3.39. The molecule has 1 amide bonds. The molecule has 0 spiro atoms. The van der Waals surface area contributed by atoms with E-state index in [0.29, 0.717) is 50.4 Å². The van der Waals surface area contributed by atoms with Crippen molar-refractivity contribution in [3.8, 4) is 0 Å². The molecule has 4 rings (SSSR count). The lowest BCUT2D eigenvalue weighted by Gasteiger charge is -2.37. The molecule has 2 heterocycles. The van der Waals surface area contributed by atoms with Crippen molar-refractivity contribution in [2.45, 2.75) is 95.6 Å². The number of piperidine rings is 1. The number of carbonyl (C=O) groups is 1. The lowest BCUT2D eigenvalue weighted by atomic mass is 9.84. The number of hydrogen-bond donors (Lipinski definition) is 2. The average molecular weight is 662 g/mol. The van der Waals surface area contributed by atoms with Crippen LogP contribution >= 0.6 is 11.1 Å². The quantitative estimate of drug-likeness (QED) is 0.102. The molecule has 1 aliphatic heterocycles. The highest BCUT2D eigenvalue weighted by Crippen LogP contribution is 2.37. The summed E-state index contributed by atoms with van der Waals surface area (Å²) in [5.41, 5.74) is 1.16. The number of methoxy groups -OCH3 is 1. The molecule has 10 nitrogen and oxygen atoms in total. The van der Waals surface area contributed by atoms with Crippen molar-refractivity contribution in [3.05, 3.63) is 35.9 Å². The number of rotatable bonds is 17. The summed E-state index contributed by atoms with van der Waals surface area (Å²) in [7, 11) is 0.285. The summed E-state index contributed by atoms with van der Waals surface area (Å²) in [6.07, 6.45) is 8.76. The molecule has 252 valence electrons. The first kappa shape index (κ1) is 35.6. The van der Waals surface area contributed by atoms with Crippen LogP contribution in [0.15, 0.2) is 30.3 Å². The van der Waals surface area contributed by atoms with E-state index in [9.17, 15) is 14.5 Å². The van der Waals surface area contributed by atoms with E-state index in [4.69, 9.17) is 9.47 Å². The van der Waals surface area contributed by atoms with E-state index in [1.165, 1.54) is 32.1 Å². The zero-order valence-electron chi connectivity index (χ0n) is 27.8. The van der Waals surface area contributed by atoms with Crippen LogP contribution in [-0.4, -0.2) is 90.0 Å². The number of nitrogens with zero attached hydrogens (tertiary/aromatic N) is 4. The van der Waals surface area contributed by atoms with E-state index >= 15 is 0 Å². The third-order valence-electron chi connectivity index (χ3n) is 9.18. The van der Waals surface area contributed by atoms with Gasteiger partial charge >= 0.3 is 6.09 Å². The van der Waals surface area contributed by atoms with Crippen LogP contribution in [0.4, 0.5) is 16.4 Å². The summed E-state index contributed by atoms with van der Waals surface area (Å²) in [5, 5.41) is 13.7. The molecule has 45 heavy (non-hydrogen) atoms. The van der Waals surface area contributed by atoms with E-state index in [1.54, 1.807) is 12.0 Å². The first-order valence-corrected chi connectivity index (χ1v) is 21.6. The summed E-state index contributed by atoms with van der Waals surface area (Å²) in [6, 6.07) is 11.2. The van der Waals surface area contributed by atoms with Crippen molar-refractivity contribution in [3.63, 3.8) is 0 Å². The van der Waals surface area contributed by atoms with Gasteiger partial charge in [0.25, 0.3) is 0 Å². The number of aromatic nitrogens is 2. The first-order chi connectivity index (χ1) is 21.6. The Kier molecular flexibility index (Phi) is 13.9. The van der Waals surface area contributed by atoms with Crippen LogP contribution in [0.2, 0.25) is 25.7 Å². The minimum absolute atomic E-state index is 0.0683. The second-order valence-corrected chi connectivity index (χ2v) is 20.6. The molecule has 12 heteroatoms. The number of carboxylic acid groups (broad SMARTS) is 1. The van der Waals surface area contributed by atoms with E-state index in [2.05, 4.69) is 62.9 Å². The molecule has 3 unspecified atom stereocenters. The fourth-order valence-electron chi connectivity index (χ4n) is 6.76. The molecule has 0 bridgehead atoms. The maximum absolute atomic E-state index is 12.8. The number of ether oxygens (including phenoxy) is 2. The molecule has 2 aromatic rings. The Hall–Kier alpha value is -2.25. The van der Waals surface area contributed by atoms with Gasteiger partial charge in [-0.2, -0.15) is 0 Å². The minimum Gasteiger partial charge on any atom is -0.546 e. The highest BCUT2D eigenvalue weighted by molar-refractivity contribution is 7.14. The van der Waals surface area contributed by atoms with Crippen molar-refractivity contribution in [1.29, 1.82) is 0 Å². The monoisotopic (exact) mass is 661 g/mol. The minimum atomic E-state index is -1.71. The van der Waals surface area contributed by atoms with Crippen LogP contribution in [0.1, 0.15) is 69.5 Å². The SMILES string of the molecule is COCCCO[C@H](c1ccccc1)C1CCCN(c2n[s+]([O-])nc2NC(CC2CCCCC2)CN(CC[Si](C)(C)C)C(=O)O)C1. The van der Waals surface area contributed by atoms with E-state index in [1.807, 2.05) is 6.07 Å². The van der Waals surface area contributed by atoms with Crippen molar-refractivity contribution in [1.82, 2.24) is 13.6 Å².